The molecule has 0 aromatic heterocycles. The molecule has 0 amide bonds. The van der Waals surface area contributed by atoms with Gasteiger partial charge < -0.3 is 5.11 Å². The third-order valence-corrected chi connectivity index (χ3v) is 4.53. The molecule has 0 spiro atoms. The minimum absolute atomic E-state index is 0.143. The summed E-state index contributed by atoms with van der Waals surface area (Å²) in [5.74, 6) is 0. The SMILES string of the molecule is CN(C1c2ccccc2-c2ccccc21)C(C)(C)CO. The molecule has 0 aliphatic heterocycles. The molecule has 3 rings (SSSR count). The zero-order valence-electron chi connectivity index (χ0n) is 12.3. The molecule has 0 bridgehead atoms. The average molecular weight is 267 g/mol. The third kappa shape index (κ3) is 1.88. The van der Waals surface area contributed by atoms with Crippen molar-refractivity contribution in [2.75, 3.05) is 13.7 Å². The van der Waals surface area contributed by atoms with E-state index in [9.17, 15) is 5.11 Å². The lowest BCUT2D eigenvalue weighted by Crippen LogP contribution is -2.46. The number of likely N-dealkylation sites (N-methyl/N-ethyl adjacent to an activating group) is 1. The Labute approximate surface area is 120 Å². The molecule has 104 valence electrons. The Morgan fingerprint density at radius 1 is 0.950 bits per heavy atom. The highest BCUT2D eigenvalue weighted by Crippen LogP contribution is 2.47. The lowest BCUT2D eigenvalue weighted by atomic mass is 9.96. The largest absolute Gasteiger partial charge is 0.394 e. The molecule has 20 heavy (non-hydrogen) atoms. The Morgan fingerprint density at radius 2 is 1.40 bits per heavy atom. The number of hydrogen-bond acceptors (Lipinski definition) is 2. The fraction of sp³-hybridized carbons (Fsp3) is 0.333. The molecular formula is C18H21NO. The summed E-state index contributed by atoms with van der Waals surface area (Å²) in [6, 6.07) is 17.4. The summed E-state index contributed by atoms with van der Waals surface area (Å²) in [5, 5.41) is 9.68. The van der Waals surface area contributed by atoms with Crippen molar-refractivity contribution >= 4 is 0 Å². The highest BCUT2D eigenvalue weighted by molar-refractivity contribution is 5.78. The summed E-state index contributed by atoms with van der Waals surface area (Å²) in [6.45, 7) is 4.30. The summed E-state index contributed by atoms with van der Waals surface area (Å²) in [4.78, 5) is 2.28. The van der Waals surface area contributed by atoms with Crippen molar-refractivity contribution in [2.24, 2.45) is 0 Å². The second kappa shape index (κ2) is 4.72. The van der Waals surface area contributed by atoms with E-state index in [2.05, 4.69) is 74.3 Å². The number of rotatable bonds is 3. The van der Waals surface area contributed by atoms with Crippen molar-refractivity contribution in [1.82, 2.24) is 4.90 Å². The first-order valence-electron chi connectivity index (χ1n) is 7.08. The van der Waals surface area contributed by atoms with Crippen LogP contribution in [-0.2, 0) is 0 Å². The first-order valence-corrected chi connectivity index (χ1v) is 7.08. The number of hydrogen-bond donors (Lipinski definition) is 1. The molecule has 1 aliphatic carbocycles. The Hall–Kier alpha value is -1.64. The monoisotopic (exact) mass is 267 g/mol. The van der Waals surface area contributed by atoms with Crippen molar-refractivity contribution in [1.29, 1.82) is 0 Å². The van der Waals surface area contributed by atoms with E-state index in [0.717, 1.165) is 0 Å². The van der Waals surface area contributed by atoms with Crippen molar-refractivity contribution < 1.29 is 5.11 Å². The Bertz CT molecular complexity index is 587. The van der Waals surface area contributed by atoms with E-state index < -0.39 is 0 Å². The molecule has 0 radical (unpaired) electrons. The van der Waals surface area contributed by atoms with Crippen LogP contribution in [0.15, 0.2) is 48.5 Å². The van der Waals surface area contributed by atoms with Gasteiger partial charge in [-0.15, -0.1) is 0 Å². The summed E-state index contributed by atoms with van der Waals surface area (Å²) in [7, 11) is 2.10. The van der Waals surface area contributed by atoms with Gasteiger partial charge in [0.2, 0.25) is 0 Å². The topological polar surface area (TPSA) is 23.5 Å². The van der Waals surface area contributed by atoms with Crippen molar-refractivity contribution in [3.63, 3.8) is 0 Å². The normalized spacial score (nSPS) is 14.4. The standard InChI is InChI=1S/C18H21NO/c1-18(2,12-20)19(3)17-15-10-6-4-8-13(15)14-9-5-7-11-16(14)17/h4-11,17,20H,12H2,1-3H3. The minimum atomic E-state index is -0.255. The first kappa shape index (κ1) is 13.3. The van der Waals surface area contributed by atoms with Crippen molar-refractivity contribution in [3.8, 4) is 11.1 Å². The highest BCUT2D eigenvalue weighted by Gasteiger charge is 2.36. The zero-order valence-corrected chi connectivity index (χ0v) is 12.3. The van der Waals surface area contributed by atoms with E-state index >= 15 is 0 Å². The molecule has 0 heterocycles. The van der Waals surface area contributed by atoms with E-state index in [4.69, 9.17) is 0 Å². The van der Waals surface area contributed by atoms with Crippen LogP contribution >= 0.6 is 0 Å². The first-order chi connectivity index (χ1) is 9.56. The second-order valence-electron chi connectivity index (χ2n) is 6.16. The fourth-order valence-corrected chi connectivity index (χ4v) is 3.01. The van der Waals surface area contributed by atoms with Gasteiger partial charge in [-0.25, -0.2) is 0 Å². The molecule has 0 atom stereocenters. The Morgan fingerprint density at radius 3 is 1.85 bits per heavy atom. The van der Waals surface area contributed by atoms with Gasteiger partial charge in [0.25, 0.3) is 0 Å². The molecule has 2 aromatic carbocycles. The third-order valence-electron chi connectivity index (χ3n) is 4.53. The van der Waals surface area contributed by atoms with Crippen molar-refractivity contribution in [3.05, 3.63) is 59.7 Å². The van der Waals surface area contributed by atoms with E-state index in [-0.39, 0.29) is 18.2 Å². The van der Waals surface area contributed by atoms with Crippen LogP contribution in [-0.4, -0.2) is 29.2 Å². The van der Waals surface area contributed by atoms with Gasteiger partial charge in [0.15, 0.2) is 0 Å². The molecule has 0 saturated carbocycles. The van der Waals surface area contributed by atoms with Crippen LogP contribution in [0.4, 0.5) is 0 Å². The van der Waals surface area contributed by atoms with Gasteiger partial charge in [0.05, 0.1) is 12.6 Å². The molecule has 1 aliphatic rings. The fourth-order valence-electron chi connectivity index (χ4n) is 3.01. The molecule has 2 nitrogen and oxygen atoms in total. The molecule has 0 saturated heterocycles. The van der Waals surface area contributed by atoms with Crippen molar-refractivity contribution in [2.45, 2.75) is 25.4 Å². The minimum Gasteiger partial charge on any atom is -0.394 e. The maximum Gasteiger partial charge on any atom is 0.0616 e. The predicted octanol–water partition coefficient (Wildman–Crippen LogP) is 3.46. The van der Waals surface area contributed by atoms with E-state index in [1.165, 1.54) is 22.3 Å². The summed E-state index contributed by atoms with van der Waals surface area (Å²) < 4.78 is 0. The van der Waals surface area contributed by atoms with E-state index in [0.29, 0.717) is 0 Å². The number of aliphatic hydroxyl groups is 1. The summed E-state index contributed by atoms with van der Waals surface area (Å²) in [6.07, 6.45) is 0. The second-order valence-corrected chi connectivity index (χ2v) is 6.16. The number of benzene rings is 2. The van der Waals surface area contributed by atoms with Crippen LogP contribution in [0, 0.1) is 0 Å². The summed E-state index contributed by atoms with van der Waals surface area (Å²) >= 11 is 0. The van der Waals surface area contributed by atoms with Gasteiger partial charge >= 0.3 is 0 Å². The van der Waals surface area contributed by atoms with Gasteiger partial charge in [-0.05, 0) is 43.1 Å². The van der Waals surface area contributed by atoms with Gasteiger partial charge in [-0.2, -0.15) is 0 Å². The molecule has 2 heteroatoms. The van der Waals surface area contributed by atoms with Gasteiger partial charge in [0, 0.05) is 5.54 Å². The zero-order chi connectivity index (χ0) is 14.3. The summed E-state index contributed by atoms with van der Waals surface area (Å²) in [5.41, 5.74) is 5.03. The smallest absolute Gasteiger partial charge is 0.0616 e. The van der Waals surface area contributed by atoms with Crippen LogP contribution in [0.1, 0.15) is 31.0 Å². The van der Waals surface area contributed by atoms with E-state index in [1.54, 1.807) is 0 Å². The van der Waals surface area contributed by atoms with Gasteiger partial charge in [-0.1, -0.05) is 48.5 Å². The Balaban J connectivity index is 2.17. The lowest BCUT2D eigenvalue weighted by Gasteiger charge is -2.39. The van der Waals surface area contributed by atoms with Crippen LogP contribution in [0.5, 0.6) is 0 Å². The average Bonchev–Trinajstić information content (AvgIpc) is 2.81. The van der Waals surface area contributed by atoms with E-state index in [1.807, 2.05) is 0 Å². The lowest BCUT2D eigenvalue weighted by molar-refractivity contribution is 0.0580. The van der Waals surface area contributed by atoms with Crippen LogP contribution < -0.4 is 0 Å². The predicted molar refractivity (Wildman–Crippen MR) is 82.6 cm³/mol. The highest BCUT2D eigenvalue weighted by atomic mass is 16.3. The molecular weight excluding hydrogens is 246 g/mol. The maximum atomic E-state index is 9.68. The molecule has 0 fully saturated rings. The quantitative estimate of drug-likeness (QED) is 0.920. The van der Waals surface area contributed by atoms with Gasteiger partial charge in [-0.3, -0.25) is 4.90 Å². The number of aliphatic hydroxyl groups excluding tert-OH is 1. The molecule has 2 aromatic rings. The number of fused-ring (bicyclic) bond motifs is 3. The maximum absolute atomic E-state index is 9.68. The molecule has 1 N–H and O–H groups in total. The van der Waals surface area contributed by atoms with Crippen LogP contribution in [0.2, 0.25) is 0 Å². The Kier molecular flexibility index (Phi) is 3.15. The van der Waals surface area contributed by atoms with Crippen LogP contribution in [0.25, 0.3) is 11.1 Å². The number of nitrogens with zero attached hydrogens (tertiary/aromatic N) is 1. The molecule has 0 unspecified atom stereocenters. The van der Waals surface area contributed by atoms with Crippen LogP contribution in [0.3, 0.4) is 0 Å². The van der Waals surface area contributed by atoms with Gasteiger partial charge in [0.1, 0.15) is 0 Å².